The Balaban J connectivity index is 1.93. The van der Waals surface area contributed by atoms with Crippen molar-refractivity contribution in [1.29, 1.82) is 0 Å². The van der Waals surface area contributed by atoms with E-state index in [1.54, 1.807) is 6.07 Å². The van der Waals surface area contributed by atoms with Gasteiger partial charge in [0.15, 0.2) is 0 Å². The third-order valence-corrected chi connectivity index (χ3v) is 4.14. The fourth-order valence-electron chi connectivity index (χ4n) is 2.90. The molecule has 1 aliphatic rings. The summed E-state index contributed by atoms with van der Waals surface area (Å²) < 4.78 is 0. The van der Waals surface area contributed by atoms with Gasteiger partial charge in [-0.05, 0) is 37.3 Å². The van der Waals surface area contributed by atoms with Crippen molar-refractivity contribution >= 4 is 0 Å². The summed E-state index contributed by atoms with van der Waals surface area (Å²) in [6, 6.07) is 7.44. The third kappa shape index (κ3) is 3.74. The molecule has 2 nitrogen and oxygen atoms in total. The van der Waals surface area contributed by atoms with E-state index in [-0.39, 0.29) is 0 Å². The molecular formula is C16H24O2. The Morgan fingerprint density at radius 2 is 1.56 bits per heavy atom. The highest BCUT2D eigenvalue weighted by atomic mass is 16.3. The molecule has 1 aliphatic carbocycles. The summed E-state index contributed by atoms with van der Waals surface area (Å²) >= 11 is 0. The number of hydrogen-bond acceptors (Lipinski definition) is 2. The van der Waals surface area contributed by atoms with E-state index in [9.17, 15) is 10.2 Å². The number of benzene rings is 1. The van der Waals surface area contributed by atoms with E-state index < -0.39 is 5.60 Å². The van der Waals surface area contributed by atoms with Crippen molar-refractivity contribution in [3.63, 3.8) is 0 Å². The van der Waals surface area contributed by atoms with Crippen LogP contribution in [0.4, 0.5) is 0 Å². The summed E-state index contributed by atoms with van der Waals surface area (Å²) in [4.78, 5) is 0. The predicted octanol–water partition coefficient (Wildman–Crippen LogP) is 3.80. The van der Waals surface area contributed by atoms with Gasteiger partial charge in [-0.25, -0.2) is 0 Å². The molecule has 100 valence electrons. The van der Waals surface area contributed by atoms with Crippen LogP contribution in [0.5, 0.6) is 5.75 Å². The van der Waals surface area contributed by atoms with E-state index in [1.165, 1.54) is 19.3 Å². The molecule has 2 N–H and O–H groups in total. The van der Waals surface area contributed by atoms with Gasteiger partial charge in [0.2, 0.25) is 0 Å². The second-order valence-corrected chi connectivity index (χ2v) is 5.62. The van der Waals surface area contributed by atoms with Crippen LogP contribution in [0.1, 0.15) is 56.9 Å². The maximum absolute atomic E-state index is 10.6. The fourth-order valence-corrected chi connectivity index (χ4v) is 2.90. The van der Waals surface area contributed by atoms with E-state index in [2.05, 4.69) is 0 Å². The van der Waals surface area contributed by atoms with Crippen LogP contribution in [0.25, 0.3) is 0 Å². The Kier molecular flexibility index (Phi) is 4.65. The molecule has 1 aromatic carbocycles. The highest BCUT2D eigenvalue weighted by Crippen LogP contribution is 2.31. The molecule has 1 saturated carbocycles. The number of para-hydroxylation sites is 1. The van der Waals surface area contributed by atoms with Crippen LogP contribution in [0.2, 0.25) is 0 Å². The van der Waals surface area contributed by atoms with E-state index in [0.29, 0.717) is 5.75 Å². The first-order valence-electron chi connectivity index (χ1n) is 7.19. The number of phenols is 1. The summed E-state index contributed by atoms with van der Waals surface area (Å²) in [5, 5.41) is 20.4. The highest BCUT2D eigenvalue weighted by Gasteiger charge is 2.26. The van der Waals surface area contributed by atoms with Crippen molar-refractivity contribution in [3.05, 3.63) is 29.8 Å². The van der Waals surface area contributed by atoms with Gasteiger partial charge in [0.05, 0.1) is 5.60 Å². The second kappa shape index (κ2) is 6.24. The van der Waals surface area contributed by atoms with E-state index in [0.717, 1.165) is 44.1 Å². The number of rotatable bonds is 3. The van der Waals surface area contributed by atoms with Gasteiger partial charge in [-0.2, -0.15) is 0 Å². The molecule has 0 atom stereocenters. The molecule has 0 aliphatic heterocycles. The minimum Gasteiger partial charge on any atom is -0.508 e. The molecule has 18 heavy (non-hydrogen) atoms. The predicted molar refractivity (Wildman–Crippen MR) is 73.7 cm³/mol. The average Bonchev–Trinajstić information content (AvgIpc) is 2.34. The summed E-state index contributed by atoms with van der Waals surface area (Å²) in [5.74, 6) is 0.354. The minimum absolute atomic E-state index is 0.354. The normalized spacial score (nSPS) is 20.1. The van der Waals surface area contributed by atoms with Gasteiger partial charge < -0.3 is 10.2 Å². The van der Waals surface area contributed by atoms with Crippen LogP contribution >= 0.6 is 0 Å². The van der Waals surface area contributed by atoms with E-state index >= 15 is 0 Å². The lowest BCUT2D eigenvalue weighted by Gasteiger charge is -2.30. The molecule has 0 radical (unpaired) electrons. The lowest BCUT2D eigenvalue weighted by atomic mass is 9.83. The number of aliphatic hydroxyl groups is 1. The molecule has 1 aromatic rings. The van der Waals surface area contributed by atoms with E-state index in [4.69, 9.17) is 0 Å². The van der Waals surface area contributed by atoms with Crippen LogP contribution in [-0.2, 0) is 6.42 Å². The van der Waals surface area contributed by atoms with Crippen LogP contribution in [0.3, 0.4) is 0 Å². The van der Waals surface area contributed by atoms with Crippen molar-refractivity contribution in [2.24, 2.45) is 0 Å². The lowest BCUT2D eigenvalue weighted by Crippen LogP contribution is -2.30. The Labute approximate surface area is 110 Å². The van der Waals surface area contributed by atoms with Crippen LogP contribution in [0.15, 0.2) is 24.3 Å². The molecule has 0 saturated heterocycles. The van der Waals surface area contributed by atoms with Crippen molar-refractivity contribution in [2.75, 3.05) is 0 Å². The maximum Gasteiger partial charge on any atom is 0.118 e. The largest absolute Gasteiger partial charge is 0.508 e. The number of aromatic hydroxyl groups is 1. The van der Waals surface area contributed by atoms with Gasteiger partial charge in [0.1, 0.15) is 5.75 Å². The van der Waals surface area contributed by atoms with Gasteiger partial charge in [0.25, 0.3) is 0 Å². The Morgan fingerprint density at radius 1 is 0.944 bits per heavy atom. The Morgan fingerprint density at radius 3 is 2.22 bits per heavy atom. The summed E-state index contributed by atoms with van der Waals surface area (Å²) in [5.41, 5.74) is 0.441. The molecule has 0 unspecified atom stereocenters. The highest BCUT2D eigenvalue weighted by molar-refractivity contribution is 5.31. The first-order valence-corrected chi connectivity index (χ1v) is 7.19. The maximum atomic E-state index is 10.6. The number of hydrogen-bond donors (Lipinski definition) is 2. The minimum atomic E-state index is -0.511. The van der Waals surface area contributed by atoms with Crippen molar-refractivity contribution in [2.45, 2.75) is 63.4 Å². The molecule has 0 heterocycles. The molecular weight excluding hydrogens is 224 g/mol. The molecule has 0 bridgehead atoms. The molecule has 0 amide bonds. The summed E-state index contributed by atoms with van der Waals surface area (Å²) in [6.07, 6.45) is 9.46. The van der Waals surface area contributed by atoms with Crippen molar-refractivity contribution in [1.82, 2.24) is 0 Å². The van der Waals surface area contributed by atoms with Gasteiger partial charge in [-0.1, -0.05) is 50.3 Å². The number of phenolic OH excluding ortho intramolecular Hbond substituents is 1. The molecule has 0 aromatic heterocycles. The zero-order valence-corrected chi connectivity index (χ0v) is 11.1. The van der Waals surface area contributed by atoms with Crippen molar-refractivity contribution < 1.29 is 10.2 Å². The summed E-state index contributed by atoms with van der Waals surface area (Å²) in [6.45, 7) is 0. The van der Waals surface area contributed by atoms with E-state index in [1.807, 2.05) is 18.2 Å². The molecule has 2 heteroatoms. The third-order valence-electron chi connectivity index (χ3n) is 4.14. The second-order valence-electron chi connectivity index (χ2n) is 5.62. The zero-order valence-electron chi connectivity index (χ0n) is 11.1. The fraction of sp³-hybridized carbons (Fsp3) is 0.625. The zero-order chi connectivity index (χ0) is 12.8. The quantitative estimate of drug-likeness (QED) is 0.854. The van der Waals surface area contributed by atoms with Gasteiger partial charge >= 0.3 is 0 Å². The van der Waals surface area contributed by atoms with Crippen LogP contribution in [-0.4, -0.2) is 15.8 Å². The van der Waals surface area contributed by atoms with Gasteiger partial charge in [-0.15, -0.1) is 0 Å². The first-order chi connectivity index (χ1) is 8.70. The Hall–Kier alpha value is -1.02. The molecule has 2 rings (SSSR count). The average molecular weight is 248 g/mol. The summed E-state index contributed by atoms with van der Waals surface area (Å²) in [7, 11) is 0. The smallest absolute Gasteiger partial charge is 0.118 e. The first kappa shape index (κ1) is 13.4. The Bertz CT molecular complexity index is 365. The SMILES string of the molecule is Oc1ccccc1CCC1(O)CCCCCCC1. The van der Waals surface area contributed by atoms with Gasteiger partial charge in [-0.3, -0.25) is 0 Å². The lowest BCUT2D eigenvalue weighted by molar-refractivity contribution is 0.00620. The van der Waals surface area contributed by atoms with Gasteiger partial charge in [0, 0.05) is 0 Å². The van der Waals surface area contributed by atoms with Crippen LogP contribution in [0, 0.1) is 0 Å². The topological polar surface area (TPSA) is 40.5 Å². The van der Waals surface area contributed by atoms with Crippen LogP contribution < -0.4 is 0 Å². The molecule has 0 spiro atoms. The molecule has 1 fully saturated rings. The van der Waals surface area contributed by atoms with Crippen molar-refractivity contribution in [3.8, 4) is 5.75 Å². The standard InChI is InChI=1S/C16H24O2/c17-15-9-5-4-8-14(15)10-13-16(18)11-6-2-1-3-7-12-16/h4-5,8-9,17-18H,1-3,6-7,10-13H2. The monoisotopic (exact) mass is 248 g/mol. The number of aryl methyl sites for hydroxylation is 1.